The molecule has 1 aliphatic heterocycles. The van der Waals surface area contributed by atoms with E-state index in [0.717, 1.165) is 31.8 Å². The standard InChI is InChI=1S/C13H22O2/c1-10-4-6-11(7-5-10)9-12(14)13-3-2-8-15-13/h10-11,13H,2-9H2,1H3. The molecular weight excluding hydrogens is 188 g/mol. The number of ketones is 1. The minimum absolute atomic E-state index is 0.0515. The fourth-order valence-corrected chi connectivity index (χ4v) is 2.78. The Morgan fingerprint density at radius 1 is 1.20 bits per heavy atom. The molecule has 0 radical (unpaired) electrons. The first kappa shape index (κ1) is 11.1. The van der Waals surface area contributed by atoms with Gasteiger partial charge in [0.1, 0.15) is 6.10 Å². The van der Waals surface area contributed by atoms with Crippen molar-refractivity contribution in [2.45, 2.75) is 58.0 Å². The highest BCUT2D eigenvalue weighted by atomic mass is 16.5. The van der Waals surface area contributed by atoms with Crippen molar-refractivity contribution >= 4 is 5.78 Å². The lowest BCUT2D eigenvalue weighted by molar-refractivity contribution is -0.129. The first-order chi connectivity index (χ1) is 7.25. The average Bonchev–Trinajstić information content (AvgIpc) is 2.74. The van der Waals surface area contributed by atoms with E-state index in [1.165, 1.54) is 25.7 Å². The molecule has 1 unspecified atom stereocenters. The molecule has 0 spiro atoms. The zero-order chi connectivity index (χ0) is 10.7. The number of ether oxygens (including phenoxy) is 1. The van der Waals surface area contributed by atoms with Crippen LogP contribution in [-0.2, 0) is 9.53 Å². The number of carbonyl (C=O) groups is 1. The van der Waals surface area contributed by atoms with Gasteiger partial charge in [-0.2, -0.15) is 0 Å². The molecule has 2 nitrogen and oxygen atoms in total. The maximum Gasteiger partial charge on any atom is 0.161 e. The quantitative estimate of drug-likeness (QED) is 0.716. The molecule has 1 heterocycles. The summed E-state index contributed by atoms with van der Waals surface area (Å²) in [6.45, 7) is 3.11. The summed E-state index contributed by atoms with van der Waals surface area (Å²) in [5, 5.41) is 0. The molecular formula is C13H22O2. The van der Waals surface area contributed by atoms with Crippen LogP contribution in [0, 0.1) is 11.8 Å². The third-order valence-corrected chi connectivity index (χ3v) is 3.91. The van der Waals surface area contributed by atoms with Crippen LogP contribution >= 0.6 is 0 Å². The van der Waals surface area contributed by atoms with Crippen molar-refractivity contribution in [3.63, 3.8) is 0 Å². The predicted octanol–water partition coefficient (Wildman–Crippen LogP) is 2.95. The maximum atomic E-state index is 11.9. The first-order valence-electron chi connectivity index (χ1n) is 6.40. The molecule has 86 valence electrons. The summed E-state index contributed by atoms with van der Waals surface area (Å²) < 4.78 is 5.43. The number of carbonyl (C=O) groups excluding carboxylic acids is 1. The van der Waals surface area contributed by atoms with Crippen LogP contribution in [0.3, 0.4) is 0 Å². The predicted molar refractivity (Wildman–Crippen MR) is 59.7 cm³/mol. The van der Waals surface area contributed by atoms with Crippen molar-refractivity contribution in [2.75, 3.05) is 6.61 Å². The number of hydrogen-bond donors (Lipinski definition) is 0. The van der Waals surface area contributed by atoms with Crippen molar-refractivity contribution in [2.24, 2.45) is 11.8 Å². The summed E-state index contributed by atoms with van der Waals surface area (Å²) in [7, 11) is 0. The van der Waals surface area contributed by atoms with Crippen molar-refractivity contribution in [1.82, 2.24) is 0 Å². The van der Waals surface area contributed by atoms with Gasteiger partial charge < -0.3 is 4.74 Å². The minimum Gasteiger partial charge on any atom is -0.370 e. The van der Waals surface area contributed by atoms with Gasteiger partial charge in [-0.1, -0.05) is 19.8 Å². The monoisotopic (exact) mass is 210 g/mol. The SMILES string of the molecule is CC1CCC(CC(=O)C2CCCO2)CC1. The highest BCUT2D eigenvalue weighted by Crippen LogP contribution is 2.31. The summed E-state index contributed by atoms with van der Waals surface area (Å²) >= 11 is 0. The van der Waals surface area contributed by atoms with E-state index in [4.69, 9.17) is 4.74 Å². The Balaban J connectivity index is 1.74. The number of Topliss-reactive ketones (excluding diaryl/α,β-unsaturated/α-hetero) is 1. The molecule has 1 saturated carbocycles. The third-order valence-electron chi connectivity index (χ3n) is 3.91. The minimum atomic E-state index is -0.0515. The molecule has 15 heavy (non-hydrogen) atoms. The highest BCUT2D eigenvalue weighted by molar-refractivity contribution is 5.83. The van der Waals surface area contributed by atoms with Crippen LogP contribution in [-0.4, -0.2) is 18.5 Å². The first-order valence-corrected chi connectivity index (χ1v) is 6.40. The summed E-state index contributed by atoms with van der Waals surface area (Å²) in [6.07, 6.45) is 7.87. The van der Waals surface area contributed by atoms with Crippen molar-refractivity contribution < 1.29 is 9.53 Å². The lowest BCUT2D eigenvalue weighted by Crippen LogP contribution is -2.24. The summed E-state index contributed by atoms with van der Waals surface area (Å²) in [5.41, 5.74) is 0. The Labute approximate surface area is 92.4 Å². The van der Waals surface area contributed by atoms with Crippen molar-refractivity contribution in [3.05, 3.63) is 0 Å². The van der Waals surface area contributed by atoms with Gasteiger partial charge in [0, 0.05) is 13.0 Å². The third kappa shape index (κ3) is 3.04. The second-order valence-electron chi connectivity index (χ2n) is 5.30. The molecule has 0 amide bonds. The summed E-state index contributed by atoms with van der Waals surface area (Å²) in [4.78, 5) is 11.9. The fourth-order valence-electron chi connectivity index (χ4n) is 2.78. The van der Waals surface area contributed by atoms with E-state index in [1.807, 2.05) is 0 Å². The van der Waals surface area contributed by atoms with Crippen LogP contribution in [0.15, 0.2) is 0 Å². The van der Waals surface area contributed by atoms with Crippen LogP contribution < -0.4 is 0 Å². The Morgan fingerprint density at radius 2 is 1.93 bits per heavy atom. The van der Waals surface area contributed by atoms with E-state index < -0.39 is 0 Å². The van der Waals surface area contributed by atoms with Crippen molar-refractivity contribution in [1.29, 1.82) is 0 Å². The molecule has 2 heteroatoms. The Bertz CT molecular complexity index is 211. The van der Waals surface area contributed by atoms with Gasteiger partial charge in [-0.3, -0.25) is 4.79 Å². The highest BCUT2D eigenvalue weighted by Gasteiger charge is 2.27. The zero-order valence-corrected chi connectivity index (χ0v) is 9.71. The second-order valence-corrected chi connectivity index (χ2v) is 5.30. The summed E-state index contributed by atoms with van der Waals surface area (Å²) in [5.74, 6) is 1.89. The van der Waals surface area contributed by atoms with Crippen molar-refractivity contribution in [3.8, 4) is 0 Å². The number of rotatable bonds is 3. The van der Waals surface area contributed by atoms with Gasteiger partial charge in [-0.05, 0) is 37.5 Å². The summed E-state index contributed by atoms with van der Waals surface area (Å²) in [6, 6.07) is 0. The van der Waals surface area contributed by atoms with Gasteiger partial charge in [0.25, 0.3) is 0 Å². The lowest BCUT2D eigenvalue weighted by Gasteiger charge is -2.26. The Morgan fingerprint density at radius 3 is 2.53 bits per heavy atom. The van der Waals surface area contributed by atoms with Crippen LogP contribution in [0.1, 0.15) is 51.9 Å². The molecule has 1 atom stereocenters. The average molecular weight is 210 g/mol. The molecule has 0 aromatic carbocycles. The normalized spacial score (nSPS) is 36.7. The van der Waals surface area contributed by atoms with Crippen LogP contribution in [0.5, 0.6) is 0 Å². The van der Waals surface area contributed by atoms with E-state index >= 15 is 0 Å². The topological polar surface area (TPSA) is 26.3 Å². The van der Waals surface area contributed by atoms with Gasteiger partial charge in [0.05, 0.1) is 0 Å². The Hall–Kier alpha value is -0.370. The van der Waals surface area contributed by atoms with E-state index in [9.17, 15) is 4.79 Å². The molecule has 2 rings (SSSR count). The molecule has 1 aliphatic carbocycles. The van der Waals surface area contributed by atoms with E-state index in [1.54, 1.807) is 0 Å². The molecule has 0 aromatic heterocycles. The van der Waals surface area contributed by atoms with E-state index in [0.29, 0.717) is 11.7 Å². The molecule has 0 bridgehead atoms. The van der Waals surface area contributed by atoms with Crippen LogP contribution in [0.4, 0.5) is 0 Å². The molecule has 2 fully saturated rings. The van der Waals surface area contributed by atoms with Gasteiger partial charge in [-0.15, -0.1) is 0 Å². The van der Waals surface area contributed by atoms with Gasteiger partial charge >= 0.3 is 0 Å². The van der Waals surface area contributed by atoms with Gasteiger partial charge in [0.2, 0.25) is 0 Å². The molecule has 2 aliphatic rings. The second kappa shape index (κ2) is 5.11. The molecule has 1 saturated heterocycles. The smallest absolute Gasteiger partial charge is 0.161 e. The molecule has 0 N–H and O–H groups in total. The zero-order valence-electron chi connectivity index (χ0n) is 9.71. The fraction of sp³-hybridized carbons (Fsp3) is 0.923. The maximum absolute atomic E-state index is 11.9. The van der Waals surface area contributed by atoms with Crippen LogP contribution in [0.2, 0.25) is 0 Å². The largest absolute Gasteiger partial charge is 0.370 e. The van der Waals surface area contributed by atoms with E-state index in [2.05, 4.69) is 6.92 Å². The van der Waals surface area contributed by atoms with E-state index in [-0.39, 0.29) is 6.10 Å². The van der Waals surface area contributed by atoms with Gasteiger partial charge in [0.15, 0.2) is 5.78 Å². The number of hydrogen-bond acceptors (Lipinski definition) is 2. The van der Waals surface area contributed by atoms with Crippen LogP contribution in [0.25, 0.3) is 0 Å². The Kier molecular flexibility index (Phi) is 3.79. The molecule has 0 aromatic rings. The lowest BCUT2D eigenvalue weighted by atomic mass is 9.80. The van der Waals surface area contributed by atoms with Gasteiger partial charge in [-0.25, -0.2) is 0 Å².